The number of benzene rings is 1. The third-order valence-corrected chi connectivity index (χ3v) is 3.06. The Labute approximate surface area is 123 Å². The van der Waals surface area contributed by atoms with Crippen LogP contribution in [0.4, 0.5) is 5.69 Å². The lowest BCUT2D eigenvalue weighted by Gasteiger charge is -2.25. The first kappa shape index (κ1) is 16.5. The van der Waals surface area contributed by atoms with Crippen LogP contribution in [0.25, 0.3) is 0 Å². The van der Waals surface area contributed by atoms with E-state index < -0.39 is 11.5 Å². The maximum Gasteiger partial charge on any atom is 0.340 e. The molecule has 20 heavy (non-hydrogen) atoms. The number of ether oxygens (including phenoxy) is 1. The van der Waals surface area contributed by atoms with Gasteiger partial charge in [-0.2, -0.15) is 0 Å². The van der Waals surface area contributed by atoms with Crippen LogP contribution < -0.4 is 10.6 Å². The summed E-state index contributed by atoms with van der Waals surface area (Å²) in [5.74, 6) is -0.795. The van der Waals surface area contributed by atoms with E-state index in [2.05, 4.69) is 15.4 Å². The molecule has 1 amide bonds. The van der Waals surface area contributed by atoms with Gasteiger partial charge in [0.25, 0.3) is 0 Å². The Kier molecular flexibility index (Phi) is 5.53. The summed E-state index contributed by atoms with van der Waals surface area (Å²) in [6.07, 6.45) is 0. The molecule has 2 N–H and O–H groups in total. The minimum atomic E-state index is -0.748. The van der Waals surface area contributed by atoms with Gasteiger partial charge in [0, 0.05) is 5.02 Å². The van der Waals surface area contributed by atoms with Crippen molar-refractivity contribution in [1.29, 1.82) is 0 Å². The first-order chi connectivity index (χ1) is 9.31. The Morgan fingerprint density at radius 1 is 1.35 bits per heavy atom. The van der Waals surface area contributed by atoms with Crippen molar-refractivity contribution in [3.63, 3.8) is 0 Å². The molecule has 0 aliphatic heterocycles. The number of amides is 1. The van der Waals surface area contributed by atoms with Crippen molar-refractivity contribution in [2.75, 3.05) is 19.0 Å². The molecule has 6 heteroatoms. The maximum absolute atomic E-state index is 12.2. The highest BCUT2D eigenvalue weighted by molar-refractivity contribution is 6.31. The van der Waals surface area contributed by atoms with Crippen LogP contribution in [-0.2, 0) is 9.53 Å². The van der Waals surface area contributed by atoms with E-state index >= 15 is 0 Å². The number of carbonyl (C=O) groups excluding carboxylic acids is 2. The van der Waals surface area contributed by atoms with Gasteiger partial charge in [-0.05, 0) is 38.6 Å². The van der Waals surface area contributed by atoms with Gasteiger partial charge < -0.3 is 15.4 Å². The molecule has 110 valence electrons. The Hall–Kier alpha value is -1.59. The lowest BCUT2D eigenvalue weighted by atomic mass is 10.0. The summed E-state index contributed by atoms with van der Waals surface area (Å²) in [7, 11) is 1.28. The summed E-state index contributed by atoms with van der Waals surface area (Å²) in [6, 6.07) is 4.64. The Balaban J connectivity index is 3.03. The number of anilines is 1. The topological polar surface area (TPSA) is 67.4 Å². The first-order valence-corrected chi connectivity index (χ1v) is 6.64. The number of rotatable bonds is 5. The van der Waals surface area contributed by atoms with Crippen molar-refractivity contribution in [2.24, 2.45) is 0 Å². The van der Waals surface area contributed by atoms with Crippen LogP contribution in [-0.4, -0.2) is 31.1 Å². The molecule has 0 saturated heterocycles. The molecule has 0 radical (unpaired) electrons. The van der Waals surface area contributed by atoms with Gasteiger partial charge in [0.05, 0.1) is 23.9 Å². The molecule has 0 fully saturated rings. The molecule has 0 atom stereocenters. The monoisotopic (exact) mass is 298 g/mol. The second kappa shape index (κ2) is 6.72. The summed E-state index contributed by atoms with van der Waals surface area (Å²) in [5.41, 5.74) is -0.153. The Bertz CT molecular complexity index is 515. The molecule has 0 bridgehead atoms. The van der Waals surface area contributed by atoms with Crippen LogP contribution in [0.3, 0.4) is 0 Å². The van der Waals surface area contributed by atoms with Gasteiger partial charge in [0.15, 0.2) is 0 Å². The summed E-state index contributed by atoms with van der Waals surface area (Å²) >= 11 is 5.86. The van der Waals surface area contributed by atoms with Gasteiger partial charge in [0.1, 0.15) is 0 Å². The molecule has 0 unspecified atom stereocenters. The number of hydrogen-bond donors (Lipinski definition) is 2. The van der Waals surface area contributed by atoms with Crippen molar-refractivity contribution >= 4 is 29.2 Å². The summed E-state index contributed by atoms with van der Waals surface area (Å²) < 4.78 is 4.68. The van der Waals surface area contributed by atoms with Crippen molar-refractivity contribution < 1.29 is 14.3 Å². The van der Waals surface area contributed by atoms with E-state index in [0.29, 0.717) is 17.3 Å². The van der Waals surface area contributed by atoms with Gasteiger partial charge in [-0.15, -0.1) is 0 Å². The minimum Gasteiger partial charge on any atom is -0.465 e. The number of methoxy groups -OCH3 is 1. The average Bonchev–Trinajstić information content (AvgIpc) is 2.39. The lowest BCUT2D eigenvalue weighted by Crippen LogP contribution is -2.49. The molecule has 1 aromatic rings. The number of likely N-dealkylation sites (N-methyl/N-ethyl adjacent to an activating group) is 1. The van der Waals surface area contributed by atoms with Crippen LogP contribution >= 0.6 is 11.6 Å². The van der Waals surface area contributed by atoms with Crippen molar-refractivity contribution in [2.45, 2.75) is 26.3 Å². The third kappa shape index (κ3) is 3.95. The van der Waals surface area contributed by atoms with Crippen LogP contribution in [0.2, 0.25) is 5.02 Å². The number of esters is 1. The third-order valence-electron chi connectivity index (χ3n) is 2.82. The van der Waals surface area contributed by atoms with E-state index in [9.17, 15) is 9.59 Å². The van der Waals surface area contributed by atoms with Crippen molar-refractivity contribution in [1.82, 2.24) is 5.32 Å². The van der Waals surface area contributed by atoms with Gasteiger partial charge in [-0.3, -0.25) is 4.79 Å². The fraction of sp³-hybridized carbons (Fsp3) is 0.429. The molecule has 5 nitrogen and oxygen atoms in total. The lowest BCUT2D eigenvalue weighted by molar-refractivity contribution is -0.121. The molecule has 0 aromatic heterocycles. The predicted molar refractivity (Wildman–Crippen MR) is 79.2 cm³/mol. The quantitative estimate of drug-likeness (QED) is 0.820. The van der Waals surface area contributed by atoms with E-state index in [1.807, 2.05) is 6.92 Å². The number of halogens is 1. The highest BCUT2D eigenvalue weighted by Crippen LogP contribution is 2.22. The normalized spacial score (nSPS) is 11.1. The molecule has 0 saturated carbocycles. The highest BCUT2D eigenvalue weighted by Gasteiger charge is 2.27. The Morgan fingerprint density at radius 2 is 2.00 bits per heavy atom. The van der Waals surface area contributed by atoms with E-state index in [4.69, 9.17) is 11.6 Å². The SMILES string of the molecule is CCNC(C)(C)C(=O)Nc1ccc(Cl)cc1C(=O)OC. The number of nitrogens with one attached hydrogen (secondary N) is 2. The van der Waals surface area contributed by atoms with E-state index in [-0.39, 0.29) is 11.5 Å². The van der Waals surface area contributed by atoms with Crippen molar-refractivity contribution in [3.05, 3.63) is 28.8 Å². The Morgan fingerprint density at radius 3 is 2.55 bits per heavy atom. The number of hydrogen-bond acceptors (Lipinski definition) is 4. The van der Waals surface area contributed by atoms with E-state index in [0.717, 1.165) is 0 Å². The van der Waals surface area contributed by atoms with Crippen LogP contribution in [0.1, 0.15) is 31.1 Å². The average molecular weight is 299 g/mol. The largest absolute Gasteiger partial charge is 0.465 e. The first-order valence-electron chi connectivity index (χ1n) is 6.26. The van der Waals surface area contributed by atoms with E-state index in [1.54, 1.807) is 26.0 Å². The summed E-state index contributed by atoms with van der Waals surface area (Å²) in [6.45, 7) is 6.10. The zero-order chi connectivity index (χ0) is 15.3. The molecule has 0 aliphatic rings. The smallest absolute Gasteiger partial charge is 0.340 e. The van der Waals surface area contributed by atoms with Crippen LogP contribution in [0.5, 0.6) is 0 Å². The minimum absolute atomic E-state index is 0.223. The predicted octanol–water partition coefficient (Wildman–Crippen LogP) is 2.45. The van der Waals surface area contributed by atoms with Gasteiger partial charge in [-0.25, -0.2) is 4.79 Å². The molecular weight excluding hydrogens is 280 g/mol. The van der Waals surface area contributed by atoms with E-state index in [1.165, 1.54) is 13.2 Å². The second-order valence-electron chi connectivity index (χ2n) is 4.79. The molecule has 0 aliphatic carbocycles. The zero-order valence-corrected chi connectivity index (χ0v) is 12.8. The maximum atomic E-state index is 12.2. The van der Waals surface area contributed by atoms with Crippen LogP contribution in [0.15, 0.2) is 18.2 Å². The van der Waals surface area contributed by atoms with Crippen LogP contribution in [0, 0.1) is 0 Å². The standard InChI is InChI=1S/C14H19ClN2O3/c1-5-16-14(2,3)13(19)17-11-7-6-9(15)8-10(11)12(18)20-4/h6-8,16H,5H2,1-4H3,(H,17,19). The molecule has 1 rings (SSSR count). The second-order valence-corrected chi connectivity index (χ2v) is 5.23. The number of carbonyl (C=O) groups is 2. The molecule has 1 aromatic carbocycles. The highest BCUT2D eigenvalue weighted by atomic mass is 35.5. The van der Waals surface area contributed by atoms with Gasteiger partial charge in [-0.1, -0.05) is 18.5 Å². The zero-order valence-electron chi connectivity index (χ0n) is 12.0. The van der Waals surface area contributed by atoms with Gasteiger partial charge in [0.2, 0.25) is 5.91 Å². The molecular formula is C14H19ClN2O3. The molecule has 0 heterocycles. The fourth-order valence-electron chi connectivity index (χ4n) is 1.71. The molecule has 0 spiro atoms. The fourth-order valence-corrected chi connectivity index (χ4v) is 1.88. The summed E-state index contributed by atoms with van der Waals surface area (Å²) in [5, 5.41) is 6.18. The van der Waals surface area contributed by atoms with Crippen molar-refractivity contribution in [3.8, 4) is 0 Å². The van der Waals surface area contributed by atoms with Gasteiger partial charge >= 0.3 is 5.97 Å². The summed E-state index contributed by atoms with van der Waals surface area (Å²) in [4.78, 5) is 23.9.